The highest BCUT2D eigenvalue weighted by Crippen LogP contribution is 2.36. The van der Waals surface area contributed by atoms with E-state index in [2.05, 4.69) is 5.32 Å². The number of methoxy groups -OCH3 is 2. The number of nitrogens with one attached hydrogen (secondary N) is 1. The number of aliphatic hydroxyl groups is 1. The van der Waals surface area contributed by atoms with Crippen molar-refractivity contribution in [2.45, 2.75) is 17.7 Å². The molecule has 164 valence electrons. The minimum Gasteiger partial charge on any atom is -0.507 e. The molecule has 0 fully saturated rings. The van der Waals surface area contributed by atoms with Crippen LogP contribution in [0.2, 0.25) is 0 Å². The highest BCUT2D eigenvalue weighted by Gasteiger charge is 2.24. The lowest BCUT2D eigenvalue weighted by molar-refractivity contribution is -0.112. The van der Waals surface area contributed by atoms with E-state index in [1.54, 1.807) is 26.0 Å². The largest absolute Gasteiger partial charge is 0.507 e. The number of anilines is 1. The average molecular weight is 448 g/mol. The number of aryl methyl sites for hydroxylation is 2. The van der Waals surface area contributed by atoms with Crippen LogP contribution in [0.4, 0.5) is 5.69 Å². The van der Waals surface area contributed by atoms with Crippen LogP contribution in [0.1, 0.15) is 16.7 Å². The van der Waals surface area contributed by atoms with Gasteiger partial charge < -0.3 is 19.9 Å². The van der Waals surface area contributed by atoms with Crippen molar-refractivity contribution < 1.29 is 19.4 Å². The Hall–Kier alpha value is -3.38. The van der Waals surface area contributed by atoms with Crippen molar-refractivity contribution in [3.63, 3.8) is 0 Å². The van der Waals surface area contributed by atoms with Crippen LogP contribution >= 0.6 is 11.8 Å². The summed E-state index contributed by atoms with van der Waals surface area (Å²) in [7, 11) is 3.24. The van der Waals surface area contributed by atoms with Gasteiger partial charge in [-0.15, -0.1) is 11.8 Å². The van der Waals surface area contributed by atoms with E-state index in [-0.39, 0.29) is 11.7 Å². The summed E-state index contributed by atoms with van der Waals surface area (Å²) >= 11 is 1.56. The van der Waals surface area contributed by atoms with Gasteiger partial charge in [0, 0.05) is 21.9 Å². The first-order valence-electron chi connectivity index (χ1n) is 10.3. The monoisotopic (exact) mass is 447 g/mol. The summed E-state index contributed by atoms with van der Waals surface area (Å²) in [6.45, 7) is 0. The molecule has 1 heterocycles. The molecule has 0 aromatic heterocycles. The molecule has 0 bridgehead atoms. The minimum atomic E-state index is -0.275. The number of thioether (sulfide) groups is 1. The molecule has 0 spiro atoms. The van der Waals surface area contributed by atoms with Crippen molar-refractivity contribution in [1.82, 2.24) is 0 Å². The second-order valence-corrected chi connectivity index (χ2v) is 8.43. The molecule has 0 radical (unpaired) electrons. The van der Waals surface area contributed by atoms with Crippen molar-refractivity contribution in [3.05, 3.63) is 89.0 Å². The lowest BCUT2D eigenvalue weighted by atomic mass is 10.0. The van der Waals surface area contributed by atoms with Crippen molar-refractivity contribution in [1.29, 1.82) is 0 Å². The predicted octanol–water partition coefficient (Wildman–Crippen LogP) is 5.50. The van der Waals surface area contributed by atoms with E-state index in [1.807, 2.05) is 66.7 Å². The van der Waals surface area contributed by atoms with Gasteiger partial charge in [-0.05, 0) is 48.2 Å². The summed E-state index contributed by atoms with van der Waals surface area (Å²) in [6, 6.07) is 21.2. The maximum atomic E-state index is 13.0. The number of hydrogen-bond donors (Lipinski definition) is 2. The molecular weight excluding hydrogens is 422 g/mol. The van der Waals surface area contributed by atoms with Crippen LogP contribution in [0.5, 0.6) is 11.5 Å². The molecule has 0 unspecified atom stereocenters. The molecule has 0 saturated carbocycles. The second-order valence-electron chi connectivity index (χ2n) is 7.41. The normalized spacial score (nSPS) is 12.8. The van der Waals surface area contributed by atoms with Gasteiger partial charge in [0.1, 0.15) is 5.76 Å². The van der Waals surface area contributed by atoms with E-state index < -0.39 is 0 Å². The molecule has 5 nitrogen and oxygen atoms in total. The number of ether oxygens (including phenoxy) is 2. The first-order chi connectivity index (χ1) is 15.6. The van der Waals surface area contributed by atoms with Crippen molar-refractivity contribution in [2.75, 3.05) is 25.3 Å². The zero-order valence-corrected chi connectivity index (χ0v) is 18.9. The van der Waals surface area contributed by atoms with Gasteiger partial charge in [-0.3, -0.25) is 4.79 Å². The van der Waals surface area contributed by atoms with Crippen LogP contribution in [-0.2, 0) is 17.6 Å². The van der Waals surface area contributed by atoms with Crippen LogP contribution in [0, 0.1) is 0 Å². The Morgan fingerprint density at radius 3 is 2.53 bits per heavy atom. The van der Waals surface area contributed by atoms with E-state index in [4.69, 9.17) is 9.47 Å². The maximum absolute atomic E-state index is 13.0. The number of carbonyl (C=O) groups is 1. The van der Waals surface area contributed by atoms with Crippen LogP contribution < -0.4 is 14.8 Å². The van der Waals surface area contributed by atoms with Gasteiger partial charge in [-0.2, -0.15) is 0 Å². The summed E-state index contributed by atoms with van der Waals surface area (Å²) in [5, 5.41) is 13.7. The SMILES string of the molecule is COc1ccc(CCc2ccccc2NC(=O)C2=C(O)c3ccccc3SC2)cc1OC. The number of carbonyl (C=O) groups excluding carboxylic acids is 1. The van der Waals surface area contributed by atoms with Crippen LogP contribution in [0.15, 0.2) is 77.2 Å². The third-order valence-corrected chi connectivity index (χ3v) is 6.57. The Morgan fingerprint density at radius 1 is 0.969 bits per heavy atom. The summed E-state index contributed by atoms with van der Waals surface area (Å²) in [5.41, 5.74) is 3.99. The molecule has 4 rings (SSSR count). The summed E-state index contributed by atoms with van der Waals surface area (Å²) < 4.78 is 10.7. The van der Waals surface area contributed by atoms with E-state index in [0.29, 0.717) is 28.4 Å². The van der Waals surface area contributed by atoms with E-state index in [9.17, 15) is 9.90 Å². The molecule has 2 N–H and O–H groups in total. The molecule has 0 saturated heterocycles. The lowest BCUT2D eigenvalue weighted by Gasteiger charge is -2.19. The fourth-order valence-electron chi connectivity index (χ4n) is 3.72. The number of amides is 1. The van der Waals surface area contributed by atoms with Gasteiger partial charge >= 0.3 is 0 Å². The number of rotatable bonds is 7. The molecule has 3 aromatic rings. The Balaban J connectivity index is 1.50. The molecule has 32 heavy (non-hydrogen) atoms. The Bertz CT molecular complexity index is 1170. The fraction of sp³-hybridized carbons (Fsp3) is 0.192. The first kappa shape index (κ1) is 21.8. The highest BCUT2D eigenvalue weighted by atomic mass is 32.2. The van der Waals surface area contributed by atoms with Gasteiger partial charge in [-0.25, -0.2) is 0 Å². The van der Waals surface area contributed by atoms with Gasteiger partial charge in [0.25, 0.3) is 5.91 Å². The molecule has 0 aliphatic carbocycles. The molecule has 6 heteroatoms. The summed E-state index contributed by atoms with van der Waals surface area (Å²) in [5.74, 6) is 1.61. The molecule has 1 amide bonds. The standard InChI is InChI=1S/C26H25NO4S/c1-30-22-14-12-17(15-23(22)31-2)11-13-18-7-3-5-9-21(18)27-26(29)20-16-32-24-10-6-4-8-19(24)25(20)28/h3-10,12,14-15,28H,11,13,16H2,1-2H3,(H,27,29). The molecule has 3 aromatic carbocycles. The van der Waals surface area contributed by atoms with Gasteiger partial charge in [0.05, 0.1) is 19.8 Å². The number of para-hydroxylation sites is 1. The van der Waals surface area contributed by atoms with E-state index >= 15 is 0 Å². The lowest BCUT2D eigenvalue weighted by Crippen LogP contribution is -2.20. The number of hydrogen-bond acceptors (Lipinski definition) is 5. The smallest absolute Gasteiger partial charge is 0.256 e. The summed E-state index contributed by atoms with van der Waals surface area (Å²) in [4.78, 5) is 14.0. The van der Waals surface area contributed by atoms with Gasteiger partial charge in [-0.1, -0.05) is 42.5 Å². The van der Waals surface area contributed by atoms with Crippen LogP contribution in [0.25, 0.3) is 5.76 Å². The van der Waals surface area contributed by atoms with E-state index in [0.717, 1.165) is 34.6 Å². The highest BCUT2D eigenvalue weighted by molar-refractivity contribution is 7.99. The fourth-order valence-corrected chi connectivity index (χ4v) is 4.78. The van der Waals surface area contributed by atoms with Crippen LogP contribution in [-0.4, -0.2) is 31.0 Å². The van der Waals surface area contributed by atoms with Crippen LogP contribution in [0.3, 0.4) is 0 Å². The maximum Gasteiger partial charge on any atom is 0.256 e. The Morgan fingerprint density at radius 2 is 1.72 bits per heavy atom. The zero-order valence-electron chi connectivity index (χ0n) is 18.1. The molecule has 1 aliphatic heterocycles. The molecule has 0 atom stereocenters. The van der Waals surface area contributed by atoms with Gasteiger partial charge in [0.2, 0.25) is 0 Å². The predicted molar refractivity (Wildman–Crippen MR) is 129 cm³/mol. The number of benzene rings is 3. The third kappa shape index (κ3) is 4.60. The number of fused-ring (bicyclic) bond motifs is 1. The summed E-state index contributed by atoms with van der Waals surface area (Å²) in [6.07, 6.45) is 1.53. The zero-order chi connectivity index (χ0) is 22.5. The third-order valence-electron chi connectivity index (χ3n) is 5.47. The Labute approximate surface area is 192 Å². The van der Waals surface area contributed by atoms with Crippen molar-refractivity contribution in [2.24, 2.45) is 0 Å². The topological polar surface area (TPSA) is 67.8 Å². The average Bonchev–Trinajstić information content (AvgIpc) is 2.83. The second kappa shape index (κ2) is 9.83. The van der Waals surface area contributed by atoms with Gasteiger partial charge in [0.15, 0.2) is 11.5 Å². The Kier molecular flexibility index (Phi) is 6.71. The first-order valence-corrected chi connectivity index (χ1v) is 11.3. The molecular formula is C26H25NO4S. The van der Waals surface area contributed by atoms with E-state index in [1.165, 1.54) is 0 Å². The quantitative estimate of drug-likeness (QED) is 0.500. The van der Waals surface area contributed by atoms with Crippen molar-refractivity contribution in [3.8, 4) is 11.5 Å². The minimum absolute atomic E-state index is 0.0552. The van der Waals surface area contributed by atoms with Crippen molar-refractivity contribution >= 4 is 29.1 Å². The molecule has 1 aliphatic rings. The number of aliphatic hydroxyl groups excluding tert-OH is 1.